The summed E-state index contributed by atoms with van der Waals surface area (Å²) in [6, 6.07) is 5.68. The SMILES string of the molecule is CCCCC[C@@H](c1ccc(F)c(OC)c1)N1CCNCC1.Cl. The molecule has 1 aliphatic rings. The van der Waals surface area contributed by atoms with E-state index < -0.39 is 0 Å². The van der Waals surface area contributed by atoms with Gasteiger partial charge < -0.3 is 10.1 Å². The van der Waals surface area contributed by atoms with Crippen LogP contribution in [0.5, 0.6) is 5.75 Å². The second-order valence-electron chi connectivity index (χ2n) is 5.69. The highest BCUT2D eigenvalue weighted by atomic mass is 35.5. The number of nitrogens with one attached hydrogen (secondary N) is 1. The van der Waals surface area contributed by atoms with Crippen LogP contribution in [0.4, 0.5) is 4.39 Å². The van der Waals surface area contributed by atoms with Crippen molar-refractivity contribution in [1.82, 2.24) is 10.2 Å². The van der Waals surface area contributed by atoms with E-state index in [0.717, 1.165) is 32.6 Å². The monoisotopic (exact) mass is 330 g/mol. The van der Waals surface area contributed by atoms with Gasteiger partial charge in [0, 0.05) is 32.2 Å². The highest BCUT2D eigenvalue weighted by molar-refractivity contribution is 5.85. The summed E-state index contributed by atoms with van der Waals surface area (Å²) in [7, 11) is 1.53. The molecule has 1 aromatic rings. The summed E-state index contributed by atoms with van der Waals surface area (Å²) in [6.07, 6.45) is 4.81. The largest absolute Gasteiger partial charge is 0.494 e. The van der Waals surface area contributed by atoms with E-state index in [1.165, 1.54) is 38.0 Å². The highest BCUT2D eigenvalue weighted by Gasteiger charge is 2.22. The maximum Gasteiger partial charge on any atom is 0.165 e. The molecule has 1 N–H and O–H groups in total. The Bertz CT molecular complexity index is 439. The molecule has 0 unspecified atom stereocenters. The first-order valence-corrected chi connectivity index (χ1v) is 8.04. The molecule has 3 nitrogen and oxygen atoms in total. The highest BCUT2D eigenvalue weighted by Crippen LogP contribution is 2.30. The normalized spacial score (nSPS) is 16.9. The Hall–Kier alpha value is -0.840. The number of piperazine rings is 1. The van der Waals surface area contributed by atoms with E-state index in [4.69, 9.17) is 4.74 Å². The molecule has 0 saturated carbocycles. The third-order valence-corrected chi connectivity index (χ3v) is 4.23. The van der Waals surface area contributed by atoms with E-state index in [-0.39, 0.29) is 18.2 Å². The zero-order valence-corrected chi connectivity index (χ0v) is 14.4. The number of ether oxygens (including phenoxy) is 1. The van der Waals surface area contributed by atoms with Crippen molar-refractivity contribution < 1.29 is 9.13 Å². The van der Waals surface area contributed by atoms with Gasteiger partial charge in [0.2, 0.25) is 0 Å². The molecule has 0 spiro atoms. The summed E-state index contributed by atoms with van der Waals surface area (Å²) < 4.78 is 18.8. The lowest BCUT2D eigenvalue weighted by Crippen LogP contribution is -2.45. The molecule has 126 valence electrons. The van der Waals surface area contributed by atoms with E-state index in [0.29, 0.717) is 11.8 Å². The topological polar surface area (TPSA) is 24.5 Å². The van der Waals surface area contributed by atoms with Gasteiger partial charge in [0.15, 0.2) is 11.6 Å². The van der Waals surface area contributed by atoms with Gasteiger partial charge in [0.05, 0.1) is 7.11 Å². The van der Waals surface area contributed by atoms with Gasteiger partial charge in [-0.15, -0.1) is 12.4 Å². The molecule has 1 aromatic carbocycles. The zero-order chi connectivity index (χ0) is 15.1. The summed E-state index contributed by atoms with van der Waals surface area (Å²) >= 11 is 0. The lowest BCUT2D eigenvalue weighted by Gasteiger charge is -2.35. The molecule has 0 bridgehead atoms. The van der Waals surface area contributed by atoms with Gasteiger partial charge in [0.1, 0.15) is 0 Å². The Balaban J connectivity index is 0.00000242. The van der Waals surface area contributed by atoms with Crippen LogP contribution in [0.3, 0.4) is 0 Å². The number of hydrogen-bond donors (Lipinski definition) is 1. The molecule has 1 heterocycles. The molecular weight excluding hydrogens is 303 g/mol. The van der Waals surface area contributed by atoms with Crippen molar-refractivity contribution in [3.63, 3.8) is 0 Å². The number of unbranched alkanes of at least 4 members (excludes halogenated alkanes) is 2. The van der Waals surface area contributed by atoms with Crippen LogP contribution in [0.1, 0.15) is 44.2 Å². The molecule has 2 rings (SSSR count). The van der Waals surface area contributed by atoms with Gasteiger partial charge in [-0.05, 0) is 24.1 Å². The van der Waals surface area contributed by atoms with Gasteiger partial charge in [-0.2, -0.15) is 0 Å². The van der Waals surface area contributed by atoms with Crippen LogP contribution in [0.15, 0.2) is 18.2 Å². The van der Waals surface area contributed by atoms with Crippen LogP contribution >= 0.6 is 12.4 Å². The maximum absolute atomic E-state index is 13.6. The summed E-state index contributed by atoms with van der Waals surface area (Å²) in [6.45, 7) is 6.39. The van der Waals surface area contributed by atoms with Crippen LogP contribution < -0.4 is 10.1 Å². The van der Waals surface area contributed by atoms with Crippen molar-refractivity contribution >= 4 is 12.4 Å². The summed E-state index contributed by atoms with van der Waals surface area (Å²) in [5, 5.41) is 3.39. The van der Waals surface area contributed by atoms with Crippen LogP contribution in [-0.4, -0.2) is 38.2 Å². The van der Waals surface area contributed by atoms with Crippen LogP contribution in [-0.2, 0) is 0 Å². The predicted molar refractivity (Wildman–Crippen MR) is 91.5 cm³/mol. The molecule has 1 aliphatic heterocycles. The first-order chi connectivity index (χ1) is 10.3. The molecule has 22 heavy (non-hydrogen) atoms. The van der Waals surface area contributed by atoms with Crippen LogP contribution in [0.25, 0.3) is 0 Å². The molecule has 0 radical (unpaired) electrons. The molecular formula is C17H28ClFN2O. The number of hydrogen-bond acceptors (Lipinski definition) is 3. The molecule has 5 heteroatoms. The lowest BCUT2D eigenvalue weighted by atomic mass is 9.98. The second kappa shape index (κ2) is 10.0. The van der Waals surface area contributed by atoms with Crippen molar-refractivity contribution in [2.45, 2.75) is 38.6 Å². The Morgan fingerprint density at radius 2 is 2.00 bits per heavy atom. The van der Waals surface area contributed by atoms with Gasteiger partial charge in [0.25, 0.3) is 0 Å². The van der Waals surface area contributed by atoms with Gasteiger partial charge in [-0.3, -0.25) is 4.90 Å². The second-order valence-corrected chi connectivity index (χ2v) is 5.69. The molecule has 1 fully saturated rings. The average Bonchev–Trinajstić information content (AvgIpc) is 2.53. The van der Waals surface area contributed by atoms with E-state index >= 15 is 0 Å². The van der Waals surface area contributed by atoms with Crippen molar-refractivity contribution in [2.75, 3.05) is 33.3 Å². The van der Waals surface area contributed by atoms with Crippen molar-refractivity contribution in [2.24, 2.45) is 0 Å². The Morgan fingerprint density at radius 3 is 2.64 bits per heavy atom. The van der Waals surface area contributed by atoms with Crippen molar-refractivity contribution in [3.8, 4) is 5.75 Å². The lowest BCUT2D eigenvalue weighted by molar-refractivity contribution is 0.162. The predicted octanol–water partition coefficient (Wildman–Crippen LogP) is 3.78. The third kappa shape index (κ3) is 5.11. The fourth-order valence-electron chi connectivity index (χ4n) is 3.03. The van der Waals surface area contributed by atoms with Crippen LogP contribution in [0, 0.1) is 5.82 Å². The molecule has 1 atom stereocenters. The average molecular weight is 331 g/mol. The number of benzene rings is 1. The molecule has 1 saturated heterocycles. The van der Waals surface area contributed by atoms with Crippen molar-refractivity contribution in [1.29, 1.82) is 0 Å². The molecule has 0 amide bonds. The van der Waals surface area contributed by atoms with E-state index in [2.05, 4.69) is 17.1 Å². The van der Waals surface area contributed by atoms with Crippen LogP contribution in [0.2, 0.25) is 0 Å². The number of rotatable bonds is 7. The van der Waals surface area contributed by atoms with E-state index in [1.807, 2.05) is 12.1 Å². The quantitative estimate of drug-likeness (QED) is 0.770. The summed E-state index contributed by atoms with van der Waals surface area (Å²) in [5.41, 5.74) is 1.17. The van der Waals surface area contributed by atoms with E-state index in [9.17, 15) is 4.39 Å². The minimum atomic E-state index is -0.283. The van der Waals surface area contributed by atoms with Gasteiger partial charge >= 0.3 is 0 Å². The molecule has 0 aromatic heterocycles. The first kappa shape index (κ1) is 19.2. The zero-order valence-electron chi connectivity index (χ0n) is 13.6. The van der Waals surface area contributed by atoms with E-state index in [1.54, 1.807) is 0 Å². The fraction of sp³-hybridized carbons (Fsp3) is 0.647. The number of methoxy groups -OCH3 is 1. The van der Waals surface area contributed by atoms with Crippen molar-refractivity contribution in [3.05, 3.63) is 29.6 Å². The smallest absolute Gasteiger partial charge is 0.165 e. The number of halogens is 2. The van der Waals surface area contributed by atoms with Gasteiger partial charge in [-0.1, -0.05) is 32.3 Å². The number of nitrogens with zero attached hydrogens (tertiary/aromatic N) is 1. The minimum Gasteiger partial charge on any atom is -0.494 e. The Kier molecular flexibility index (Phi) is 8.76. The summed E-state index contributed by atoms with van der Waals surface area (Å²) in [5.74, 6) is 0.0667. The summed E-state index contributed by atoms with van der Waals surface area (Å²) in [4.78, 5) is 2.51. The standard InChI is InChI=1S/C17H27FN2O.ClH/c1-3-4-5-6-16(20-11-9-19-10-12-20)14-7-8-15(18)17(13-14)21-2;/h7-8,13,16,19H,3-6,9-12H2,1-2H3;1H/t16-;/m0./s1. The Morgan fingerprint density at radius 1 is 1.27 bits per heavy atom. The Labute approximate surface area is 139 Å². The minimum absolute atomic E-state index is 0. The fourth-order valence-corrected chi connectivity index (χ4v) is 3.03. The first-order valence-electron chi connectivity index (χ1n) is 8.04. The maximum atomic E-state index is 13.6. The van der Waals surface area contributed by atoms with Gasteiger partial charge in [-0.25, -0.2) is 4.39 Å². The molecule has 0 aliphatic carbocycles. The third-order valence-electron chi connectivity index (χ3n) is 4.23.